The molecule has 30 heavy (non-hydrogen) atoms. The number of carbonyl (C=O) groups is 1. The summed E-state index contributed by atoms with van der Waals surface area (Å²) in [4.78, 5) is 12.6. The fraction of sp³-hybridized carbons (Fsp3) is 0.0952. The normalized spacial score (nSPS) is 13.2. The van der Waals surface area contributed by atoms with Crippen molar-refractivity contribution in [3.05, 3.63) is 82.8 Å². The molecule has 2 heterocycles. The molecule has 1 aliphatic rings. The summed E-state index contributed by atoms with van der Waals surface area (Å²) < 4.78 is 37.9. The summed E-state index contributed by atoms with van der Waals surface area (Å²) in [6.07, 6.45) is 3.19. The number of nitrogens with one attached hydrogen (secondary N) is 2. The van der Waals surface area contributed by atoms with Gasteiger partial charge in [-0.05, 0) is 60.7 Å². The van der Waals surface area contributed by atoms with Gasteiger partial charge in [-0.1, -0.05) is 11.6 Å². The minimum Gasteiger partial charge on any atom is -0.488 e. The number of hydrogen-bond donors (Lipinski definition) is 2. The fourth-order valence-electron chi connectivity index (χ4n) is 2.87. The molecule has 0 radical (unpaired) electrons. The lowest BCUT2D eigenvalue weighted by Crippen LogP contribution is -2.23. The third kappa shape index (κ3) is 4.56. The molecule has 0 saturated heterocycles. The molecule has 0 saturated carbocycles. The molecular formula is C21H17ClN2O5S. The molecule has 4 rings (SSSR count). The first kappa shape index (κ1) is 20.2. The molecule has 0 unspecified atom stereocenters. The van der Waals surface area contributed by atoms with Crippen molar-refractivity contribution in [3.8, 4) is 5.75 Å². The van der Waals surface area contributed by atoms with Gasteiger partial charge < -0.3 is 14.5 Å². The van der Waals surface area contributed by atoms with Crippen LogP contribution in [0.2, 0.25) is 5.02 Å². The van der Waals surface area contributed by atoms with Crippen LogP contribution in [0.4, 0.5) is 5.69 Å². The fourth-order valence-corrected chi connectivity index (χ4v) is 4.04. The van der Waals surface area contributed by atoms with Crippen LogP contribution in [0.1, 0.15) is 11.3 Å². The first-order valence-corrected chi connectivity index (χ1v) is 10.8. The molecule has 0 spiro atoms. The largest absolute Gasteiger partial charge is 0.488 e. The minimum atomic E-state index is -3.71. The average molecular weight is 445 g/mol. The summed E-state index contributed by atoms with van der Waals surface area (Å²) >= 11 is 5.99. The smallest absolute Gasteiger partial charge is 0.255 e. The summed E-state index contributed by atoms with van der Waals surface area (Å²) in [5.41, 5.74) is 1.62. The summed E-state index contributed by atoms with van der Waals surface area (Å²) in [7, 11) is -3.71. The zero-order valence-corrected chi connectivity index (χ0v) is 17.2. The zero-order chi connectivity index (χ0) is 21.1. The molecule has 0 bridgehead atoms. The van der Waals surface area contributed by atoms with E-state index in [0.717, 1.165) is 5.56 Å². The Hall–Kier alpha value is -3.07. The Morgan fingerprint density at radius 2 is 1.90 bits per heavy atom. The van der Waals surface area contributed by atoms with E-state index < -0.39 is 10.0 Å². The molecule has 154 valence electrons. The van der Waals surface area contributed by atoms with Crippen LogP contribution in [0.25, 0.3) is 6.08 Å². The van der Waals surface area contributed by atoms with Crippen molar-refractivity contribution in [3.63, 3.8) is 0 Å². The highest BCUT2D eigenvalue weighted by molar-refractivity contribution is 7.89. The maximum absolute atomic E-state index is 12.5. The summed E-state index contributed by atoms with van der Waals surface area (Å²) in [6, 6.07) is 14.4. The van der Waals surface area contributed by atoms with Crippen molar-refractivity contribution in [1.82, 2.24) is 4.72 Å². The number of halogens is 1. The van der Waals surface area contributed by atoms with E-state index >= 15 is 0 Å². The number of amides is 1. The van der Waals surface area contributed by atoms with Gasteiger partial charge in [0, 0.05) is 16.3 Å². The van der Waals surface area contributed by atoms with Crippen LogP contribution in [0.15, 0.2) is 75.7 Å². The lowest BCUT2D eigenvalue weighted by molar-refractivity contribution is -0.113. The van der Waals surface area contributed by atoms with E-state index in [1.165, 1.54) is 30.5 Å². The quantitative estimate of drug-likeness (QED) is 0.602. The lowest BCUT2D eigenvalue weighted by Gasteiger charge is -2.18. The van der Waals surface area contributed by atoms with E-state index in [9.17, 15) is 13.2 Å². The SMILES string of the molecule is O=C(Nc1ccc(S(=O)(=O)NCc2ccco2)cc1)C1=Cc2cc(Cl)ccc2OC1. The van der Waals surface area contributed by atoms with E-state index in [1.54, 1.807) is 36.4 Å². The Morgan fingerprint density at radius 1 is 1.10 bits per heavy atom. The molecule has 0 fully saturated rings. The number of carbonyl (C=O) groups excluding carboxylic acids is 1. The number of benzene rings is 2. The lowest BCUT2D eigenvalue weighted by atomic mass is 10.1. The van der Waals surface area contributed by atoms with E-state index in [-0.39, 0.29) is 24.0 Å². The highest BCUT2D eigenvalue weighted by Crippen LogP contribution is 2.29. The number of rotatable bonds is 6. The van der Waals surface area contributed by atoms with Gasteiger partial charge in [-0.2, -0.15) is 0 Å². The van der Waals surface area contributed by atoms with Crippen molar-refractivity contribution in [1.29, 1.82) is 0 Å². The average Bonchev–Trinajstić information content (AvgIpc) is 3.26. The first-order chi connectivity index (χ1) is 14.4. The second-order valence-corrected chi connectivity index (χ2v) is 8.73. The summed E-state index contributed by atoms with van der Waals surface area (Å²) in [5, 5.41) is 3.29. The Morgan fingerprint density at radius 3 is 2.63 bits per heavy atom. The van der Waals surface area contributed by atoms with Gasteiger partial charge in [-0.3, -0.25) is 4.79 Å². The van der Waals surface area contributed by atoms with Gasteiger partial charge in [0.25, 0.3) is 5.91 Å². The Balaban J connectivity index is 1.42. The zero-order valence-electron chi connectivity index (χ0n) is 15.6. The third-order valence-corrected chi connectivity index (χ3v) is 6.07. The molecule has 0 atom stereocenters. The molecular weight excluding hydrogens is 428 g/mol. The third-order valence-electron chi connectivity index (χ3n) is 4.42. The Labute approximate surface area is 178 Å². The van der Waals surface area contributed by atoms with Crippen molar-refractivity contribution in [2.45, 2.75) is 11.4 Å². The van der Waals surface area contributed by atoms with Crippen LogP contribution in [0.5, 0.6) is 5.75 Å². The molecule has 9 heteroatoms. The number of sulfonamides is 1. The van der Waals surface area contributed by atoms with Crippen molar-refractivity contribution < 1.29 is 22.4 Å². The van der Waals surface area contributed by atoms with Gasteiger partial charge >= 0.3 is 0 Å². The molecule has 0 aliphatic carbocycles. The number of furan rings is 1. The van der Waals surface area contributed by atoms with Gasteiger partial charge in [-0.15, -0.1) is 0 Å². The van der Waals surface area contributed by atoms with Gasteiger partial charge in [0.05, 0.1) is 23.3 Å². The Kier molecular flexibility index (Phi) is 5.63. The highest BCUT2D eigenvalue weighted by atomic mass is 35.5. The van der Waals surface area contributed by atoms with Gasteiger partial charge in [0.2, 0.25) is 10.0 Å². The second-order valence-electron chi connectivity index (χ2n) is 6.52. The van der Waals surface area contributed by atoms with E-state index in [4.69, 9.17) is 20.8 Å². The molecule has 2 N–H and O–H groups in total. The van der Waals surface area contributed by atoms with E-state index in [2.05, 4.69) is 10.0 Å². The topological polar surface area (TPSA) is 97.6 Å². The standard InChI is InChI=1S/C21H17ClN2O5S/c22-16-3-8-20-14(11-16)10-15(13-29-20)21(25)24-17-4-6-19(7-5-17)30(26,27)23-12-18-2-1-9-28-18/h1-11,23H,12-13H2,(H,24,25). The predicted octanol–water partition coefficient (Wildman–Crippen LogP) is 3.83. The monoisotopic (exact) mass is 444 g/mol. The van der Waals surface area contributed by atoms with Crippen molar-refractivity contribution in [2.75, 3.05) is 11.9 Å². The summed E-state index contributed by atoms with van der Waals surface area (Å²) in [5.74, 6) is 0.827. The molecule has 3 aromatic rings. The molecule has 7 nitrogen and oxygen atoms in total. The van der Waals surface area contributed by atoms with Crippen LogP contribution in [0.3, 0.4) is 0 Å². The Bertz CT molecular complexity index is 1200. The van der Waals surface area contributed by atoms with Gasteiger partial charge in [0.1, 0.15) is 18.1 Å². The van der Waals surface area contributed by atoms with E-state index in [0.29, 0.717) is 27.8 Å². The predicted molar refractivity (Wildman–Crippen MR) is 113 cm³/mol. The number of ether oxygens (including phenoxy) is 1. The van der Waals surface area contributed by atoms with Gasteiger partial charge in [-0.25, -0.2) is 13.1 Å². The van der Waals surface area contributed by atoms with Crippen molar-refractivity contribution >= 4 is 39.3 Å². The minimum absolute atomic E-state index is 0.0491. The second kappa shape index (κ2) is 8.35. The highest BCUT2D eigenvalue weighted by Gasteiger charge is 2.19. The number of anilines is 1. The van der Waals surface area contributed by atoms with Crippen molar-refractivity contribution in [2.24, 2.45) is 0 Å². The summed E-state index contributed by atoms with van der Waals surface area (Å²) in [6.45, 7) is 0.178. The molecule has 1 aliphatic heterocycles. The van der Waals surface area contributed by atoms with Crippen LogP contribution < -0.4 is 14.8 Å². The molecule has 1 amide bonds. The van der Waals surface area contributed by atoms with Crippen LogP contribution in [-0.4, -0.2) is 20.9 Å². The van der Waals surface area contributed by atoms with Gasteiger partial charge in [0.15, 0.2) is 0 Å². The van der Waals surface area contributed by atoms with Crippen LogP contribution in [0, 0.1) is 0 Å². The maximum Gasteiger partial charge on any atom is 0.255 e. The molecule has 2 aromatic carbocycles. The van der Waals surface area contributed by atoms with Crippen LogP contribution in [-0.2, 0) is 21.4 Å². The number of hydrogen-bond acceptors (Lipinski definition) is 5. The first-order valence-electron chi connectivity index (χ1n) is 8.97. The van der Waals surface area contributed by atoms with Crippen LogP contribution >= 0.6 is 11.6 Å². The molecule has 1 aromatic heterocycles. The maximum atomic E-state index is 12.5. The number of fused-ring (bicyclic) bond motifs is 1. The van der Waals surface area contributed by atoms with E-state index in [1.807, 2.05) is 0 Å².